The molecule has 0 aliphatic carbocycles. The minimum atomic E-state index is -0.348. The first-order valence-electron chi connectivity index (χ1n) is 6.50. The van der Waals surface area contributed by atoms with E-state index in [0.29, 0.717) is 0 Å². The van der Waals surface area contributed by atoms with Gasteiger partial charge in [0.2, 0.25) is 5.91 Å². The summed E-state index contributed by atoms with van der Waals surface area (Å²) in [6, 6.07) is 0. The van der Waals surface area contributed by atoms with Crippen LogP contribution in [-0.2, 0) is 4.79 Å². The summed E-state index contributed by atoms with van der Waals surface area (Å²) >= 11 is 0. The fourth-order valence-electron chi connectivity index (χ4n) is 3.09. The monoisotopic (exact) mass is 240 g/mol. The van der Waals surface area contributed by atoms with Gasteiger partial charge in [0.1, 0.15) is 6.61 Å². The maximum Gasteiger partial charge on any atom is 0.248 e. The van der Waals surface area contributed by atoms with Gasteiger partial charge in [-0.25, -0.2) is 0 Å². The fourth-order valence-corrected chi connectivity index (χ4v) is 3.09. The van der Waals surface area contributed by atoms with E-state index < -0.39 is 0 Å². The van der Waals surface area contributed by atoms with Crippen LogP contribution in [0, 0.1) is 5.41 Å². The lowest BCUT2D eigenvalue weighted by Crippen LogP contribution is -2.42. The van der Waals surface area contributed by atoms with Crippen LogP contribution in [0.5, 0.6) is 0 Å². The SMILES string of the molecule is CC(C)(C)N1CCC2(CCN(C(=O)CO)C2)C1. The van der Waals surface area contributed by atoms with Crippen LogP contribution in [-0.4, -0.2) is 59.1 Å². The van der Waals surface area contributed by atoms with Crippen LogP contribution in [0.2, 0.25) is 0 Å². The summed E-state index contributed by atoms with van der Waals surface area (Å²) in [6.45, 7) is 10.3. The predicted octanol–water partition coefficient (Wildman–Crippen LogP) is 0.702. The molecule has 2 fully saturated rings. The Balaban J connectivity index is 1.99. The Bertz CT molecular complexity index is 311. The molecule has 1 N–H and O–H groups in total. The lowest BCUT2D eigenvalue weighted by Gasteiger charge is -2.33. The summed E-state index contributed by atoms with van der Waals surface area (Å²) in [5.41, 5.74) is 0.510. The molecule has 0 bridgehead atoms. The molecule has 2 heterocycles. The van der Waals surface area contributed by atoms with E-state index >= 15 is 0 Å². The standard InChI is InChI=1S/C13H24N2O2/c1-12(2,3)15-7-5-13(10-15)4-6-14(9-13)11(17)8-16/h16H,4-10H2,1-3H3. The van der Waals surface area contributed by atoms with Crippen molar-refractivity contribution in [3.8, 4) is 0 Å². The molecule has 4 heteroatoms. The number of carbonyl (C=O) groups excluding carboxylic acids is 1. The Morgan fingerprint density at radius 2 is 1.88 bits per heavy atom. The number of carbonyl (C=O) groups is 1. The summed E-state index contributed by atoms with van der Waals surface area (Å²) in [4.78, 5) is 15.8. The number of aliphatic hydroxyl groups excluding tert-OH is 1. The third kappa shape index (κ3) is 2.47. The van der Waals surface area contributed by atoms with Crippen molar-refractivity contribution in [2.45, 2.75) is 39.2 Å². The van der Waals surface area contributed by atoms with Gasteiger partial charge in [-0.05, 0) is 40.2 Å². The van der Waals surface area contributed by atoms with Gasteiger partial charge < -0.3 is 10.0 Å². The summed E-state index contributed by atoms with van der Waals surface area (Å²) in [7, 11) is 0. The van der Waals surface area contributed by atoms with Crippen molar-refractivity contribution >= 4 is 5.91 Å². The molecule has 1 amide bonds. The predicted molar refractivity (Wildman–Crippen MR) is 66.7 cm³/mol. The van der Waals surface area contributed by atoms with Gasteiger partial charge in [-0.2, -0.15) is 0 Å². The van der Waals surface area contributed by atoms with E-state index in [1.165, 1.54) is 6.42 Å². The number of amides is 1. The molecule has 1 spiro atoms. The minimum absolute atomic E-state index is 0.115. The van der Waals surface area contributed by atoms with Crippen molar-refractivity contribution in [3.63, 3.8) is 0 Å². The maximum absolute atomic E-state index is 11.5. The number of rotatable bonds is 1. The third-order valence-electron chi connectivity index (χ3n) is 4.31. The van der Waals surface area contributed by atoms with Gasteiger partial charge in [0.15, 0.2) is 0 Å². The number of aliphatic hydroxyl groups is 1. The molecule has 1 atom stereocenters. The molecule has 17 heavy (non-hydrogen) atoms. The van der Waals surface area contributed by atoms with E-state index in [4.69, 9.17) is 5.11 Å². The molecule has 98 valence electrons. The topological polar surface area (TPSA) is 43.8 Å². The maximum atomic E-state index is 11.5. The molecular weight excluding hydrogens is 216 g/mol. The quantitative estimate of drug-likeness (QED) is 0.734. The van der Waals surface area contributed by atoms with Crippen molar-refractivity contribution in [2.24, 2.45) is 5.41 Å². The number of nitrogens with zero attached hydrogens (tertiary/aromatic N) is 2. The van der Waals surface area contributed by atoms with Crippen molar-refractivity contribution in [3.05, 3.63) is 0 Å². The molecule has 2 saturated heterocycles. The molecule has 4 nitrogen and oxygen atoms in total. The first kappa shape index (κ1) is 12.8. The van der Waals surface area contributed by atoms with Crippen LogP contribution in [0.4, 0.5) is 0 Å². The van der Waals surface area contributed by atoms with Gasteiger partial charge >= 0.3 is 0 Å². The van der Waals surface area contributed by atoms with Crippen LogP contribution in [0.1, 0.15) is 33.6 Å². The van der Waals surface area contributed by atoms with Gasteiger partial charge in [-0.1, -0.05) is 0 Å². The summed E-state index contributed by atoms with van der Waals surface area (Å²) < 4.78 is 0. The first-order valence-corrected chi connectivity index (χ1v) is 6.50. The van der Waals surface area contributed by atoms with E-state index in [9.17, 15) is 4.79 Å². The van der Waals surface area contributed by atoms with Crippen molar-refractivity contribution in [1.82, 2.24) is 9.80 Å². The molecule has 0 aromatic rings. The number of hydrogen-bond donors (Lipinski definition) is 1. The highest BCUT2D eigenvalue weighted by atomic mass is 16.3. The van der Waals surface area contributed by atoms with Gasteiger partial charge in [-0.3, -0.25) is 9.69 Å². The highest BCUT2D eigenvalue weighted by Crippen LogP contribution is 2.41. The van der Waals surface area contributed by atoms with Gasteiger partial charge in [-0.15, -0.1) is 0 Å². The molecule has 0 aromatic carbocycles. The van der Waals surface area contributed by atoms with Crippen LogP contribution in [0.15, 0.2) is 0 Å². The summed E-state index contributed by atoms with van der Waals surface area (Å²) in [5, 5.41) is 8.91. The van der Waals surface area contributed by atoms with E-state index in [1.807, 2.05) is 4.90 Å². The second kappa shape index (κ2) is 4.25. The second-order valence-corrected chi connectivity index (χ2v) is 6.57. The number of hydrogen-bond acceptors (Lipinski definition) is 3. The van der Waals surface area contributed by atoms with E-state index in [0.717, 1.165) is 32.6 Å². The highest BCUT2D eigenvalue weighted by Gasteiger charge is 2.46. The average molecular weight is 240 g/mol. The molecule has 1 unspecified atom stereocenters. The van der Waals surface area contributed by atoms with E-state index in [-0.39, 0.29) is 23.5 Å². The Kier molecular flexibility index (Phi) is 3.21. The fraction of sp³-hybridized carbons (Fsp3) is 0.923. The zero-order chi connectivity index (χ0) is 12.7. The Hall–Kier alpha value is -0.610. The molecule has 0 radical (unpaired) electrons. The summed E-state index contributed by atoms with van der Waals surface area (Å²) in [5.74, 6) is -0.115. The Morgan fingerprint density at radius 3 is 2.41 bits per heavy atom. The molecular formula is C13H24N2O2. The number of likely N-dealkylation sites (tertiary alicyclic amines) is 2. The lowest BCUT2D eigenvalue weighted by atomic mass is 9.86. The second-order valence-electron chi connectivity index (χ2n) is 6.57. The van der Waals surface area contributed by atoms with Gasteiger partial charge in [0, 0.05) is 30.6 Å². The third-order valence-corrected chi connectivity index (χ3v) is 4.31. The lowest BCUT2D eigenvalue weighted by molar-refractivity contribution is -0.133. The zero-order valence-corrected chi connectivity index (χ0v) is 11.2. The Labute approximate surface area is 104 Å². The molecule has 0 aromatic heterocycles. The van der Waals surface area contributed by atoms with Gasteiger partial charge in [0.05, 0.1) is 0 Å². The minimum Gasteiger partial charge on any atom is -0.387 e. The van der Waals surface area contributed by atoms with Gasteiger partial charge in [0.25, 0.3) is 0 Å². The normalized spacial score (nSPS) is 30.5. The Morgan fingerprint density at radius 1 is 1.24 bits per heavy atom. The van der Waals surface area contributed by atoms with E-state index in [1.54, 1.807) is 0 Å². The summed E-state index contributed by atoms with van der Waals surface area (Å²) in [6.07, 6.45) is 2.27. The molecule has 0 saturated carbocycles. The molecule has 2 aliphatic heterocycles. The van der Waals surface area contributed by atoms with Crippen molar-refractivity contribution in [2.75, 3.05) is 32.8 Å². The van der Waals surface area contributed by atoms with Crippen LogP contribution in [0.25, 0.3) is 0 Å². The highest BCUT2D eigenvalue weighted by molar-refractivity contribution is 5.77. The largest absolute Gasteiger partial charge is 0.387 e. The van der Waals surface area contributed by atoms with Crippen molar-refractivity contribution < 1.29 is 9.90 Å². The van der Waals surface area contributed by atoms with Crippen LogP contribution >= 0.6 is 0 Å². The van der Waals surface area contributed by atoms with Crippen LogP contribution in [0.3, 0.4) is 0 Å². The first-order chi connectivity index (χ1) is 7.86. The van der Waals surface area contributed by atoms with E-state index in [2.05, 4.69) is 25.7 Å². The zero-order valence-electron chi connectivity index (χ0n) is 11.2. The smallest absolute Gasteiger partial charge is 0.248 e. The average Bonchev–Trinajstić information content (AvgIpc) is 2.85. The molecule has 2 aliphatic rings. The van der Waals surface area contributed by atoms with Crippen LogP contribution < -0.4 is 0 Å². The van der Waals surface area contributed by atoms with Crippen molar-refractivity contribution in [1.29, 1.82) is 0 Å². The molecule has 2 rings (SSSR count).